The number of pyridine rings is 2. The van der Waals surface area contributed by atoms with Crippen LogP contribution in [-0.2, 0) is 38.8 Å². The predicted molar refractivity (Wildman–Crippen MR) is 110 cm³/mol. The topological polar surface area (TPSA) is 109 Å². The largest absolute Gasteiger partial charge is 0.478 e. The molecule has 9 nitrogen and oxygen atoms in total. The molecule has 9 heteroatoms. The average molecular weight is 421 g/mol. The fourth-order valence-corrected chi connectivity index (χ4v) is 4.30. The fraction of sp³-hybridized carbons (Fsp3) is 0.273. The molecule has 0 bridgehead atoms. The molecule has 1 unspecified atom stereocenters. The van der Waals surface area contributed by atoms with Crippen molar-refractivity contribution in [3.05, 3.63) is 56.9 Å². The minimum absolute atomic E-state index is 0.0106. The summed E-state index contributed by atoms with van der Waals surface area (Å²) in [7, 11) is 1.46. The van der Waals surface area contributed by atoms with Gasteiger partial charge in [0.25, 0.3) is 12.0 Å². The number of hydrogen-bond acceptors (Lipinski definition) is 8. The molecule has 1 atom stereocenters. The molecule has 2 aromatic heterocycles. The predicted octanol–water partition coefficient (Wildman–Crippen LogP) is 1.42. The number of nitrogens with one attached hydrogen (secondary N) is 1. The Bertz CT molecular complexity index is 1280. The van der Waals surface area contributed by atoms with Crippen molar-refractivity contribution in [2.75, 3.05) is 13.8 Å². The highest BCUT2D eigenvalue weighted by Gasteiger charge is 2.29. The Morgan fingerprint density at radius 2 is 2.19 bits per heavy atom. The van der Waals surface area contributed by atoms with Crippen LogP contribution in [0.15, 0.2) is 29.1 Å². The number of benzene rings is 1. The van der Waals surface area contributed by atoms with Crippen LogP contribution < -0.4 is 15.6 Å². The number of aromatic nitrogens is 2. The maximum atomic E-state index is 13.3. The van der Waals surface area contributed by atoms with Crippen molar-refractivity contribution in [3.8, 4) is 17.1 Å². The second-order valence-electron chi connectivity index (χ2n) is 7.40. The van der Waals surface area contributed by atoms with Crippen LogP contribution in [0, 0.1) is 0 Å². The third-order valence-corrected chi connectivity index (χ3v) is 5.70. The van der Waals surface area contributed by atoms with Crippen molar-refractivity contribution in [3.63, 3.8) is 0 Å². The summed E-state index contributed by atoms with van der Waals surface area (Å²) in [4.78, 5) is 40.5. The number of ether oxygens (including phenoxy) is 3. The molecule has 0 aliphatic carbocycles. The zero-order chi connectivity index (χ0) is 21.5. The molecule has 0 radical (unpaired) electrons. The SMILES string of the molecule is COCc1c(C(C=O)OC=O)cc2n(c1=O)Cc1cc3c4c(ccc3nc1-2)OCNC4. The Kier molecular flexibility index (Phi) is 4.76. The van der Waals surface area contributed by atoms with Gasteiger partial charge in [-0.25, -0.2) is 4.98 Å². The second-order valence-corrected chi connectivity index (χ2v) is 7.40. The first-order valence-corrected chi connectivity index (χ1v) is 9.75. The van der Waals surface area contributed by atoms with Crippen molar-refractivity contribution < 1.29 is 23.8 Å². The maximum absolute atomic E-state index is 13.3. The number of fused-ring (bicyclic) bond motifs is 6. The highest BCUT2D eigenvalue weighted by Crippen LogP contribution is 2.37. The van der Waals surface area contributed by atoms with Gasteiger partial charge in [-0.15, -0.1) is 0 Å². The molecular formula is C22H19N3O6. The lowest BCUT2D eigenvalue weighted by Gasteiger charge is -2.20. The van der Waals surface area contributed by atoms with Gasteiger partial charge < -0.3 is 18.8 Å². The van der Waals surface area contributed by atoms with Gasteiger partial charge in [-0.1, -0.05) is 0 Å². The summed E-state index contributed by atoms with van der Waals surface area (Å²) in [6.45, 7) is 1.67. The summed E-state index contributed by atoms with van der Waals surface area (Å²) in [6, 6.07) is 7.51. The number of carbonyl (C=O) groups is 2. The van der Waals surface area contributed by atoms with Gasteiger partial charge in [-0.2, -0.15) is 0 Å². The number of aldehydes is 1. The van der Waals surface area contributed by atoms with E-state index in [0.717, 1.165) is 27.8 Å². The molecule has 2 aliphatic heterocycles. The van der Waals surface area contributed by atoms with Gasteiger partial charge in [0, 0.05) is 35.7 Å². The molecule has 4 heterocycles. The molecule has 31 heavy (non-hydrogen) atoms. The van der Waals surface area contributed by atoms with Gasteiger partial charge in [0.2, 0.25) is 0 Å². The zero-order valence-corrected chi connectivity index (χ0v) is 16.7. The molecule has 1 N–H and O–H groups in total. The minimum Gasteiger partial charge on any atom is -0.478 e. The van der Waals surface area contributed by atoms with E-state index in [1.165, 1.54) is 7.11 Å². The van der Waals surface area contributed by atoms with E-state index in [1.807, 2.05) is 18.2 Å². The summed E-state index contributed by atoms with van der Waals surface area (Å²) in [6.07, 6.45) is -0.705. The normalized spacial score (nSPS) is 14.9. The average Bonchev–Trinajstić information content (AvgIpc) is 3.15. The van der Waals surface area contributed by atoms with E-state index in [9.17, 15) is 14.4 Å². The van der Waals surface area contributed by atoms with E-state index in [4.69, 9.17) is 19.2 Å². The number of hydrogen-bond donors (Lipinski definition) is 1. The van der Waals surface area contributed by atoms with Gasteiger partial charge in [-0.3, -0.25) is 19.7 Å². The Hall–Kier alpha value is -3.56. The molecule has 1 aromatic carbocycles. The van der Waals surface area contributed by atoms with E-state index < -0.39 is 6.10 Å². The molecular weight excluding hydrogens is 402 g/mol. The number of methoxy groups -OCH3 is 1. The van der Waals surface area contributed by atoms with Crippen LogP contribution in [0.3, 0.4) is 0 Å². The van der Waals surface area contributed by atoms with E-state index in [-0.39, 0.29) is 24.2 Å². The van der Waals surface area contributed by atoms with Crippen LogP contribution in [0.2, 0.25) is 0 Å². The van der Waals surface area contributed by atoms with Crippen molar-refractivity contribution in [2.24, 2.45) is 0 Å². The van der Waals surface area contributed by atoms with E-state index in [0.29, 0.717) is 43.1 Å². The Morgan fingerprint density at radius 3 is 2.97 bits per heavy atom. The highest BCUT2D eigenvalue weighted by molar-refractivity contribution is 5.88. The van der Waals surface area contributed by atoms with Gasteiger partial charge in [-0.05, 0) is 24.3 Å². The smallest absolute Gasteiger partial charge is 0.294 e. The lowest BCUT2D eigenvalue weighted by atomic mass is 10.0. The first-order chi connectivity index (χ1) is 15.2. The van der Waals surface area contributed by atoms with Crippen LogP contribution in [-0.4, -0.2) is 36.2 Å². The molecule has 3 aromatic rings. The molecule has 0 amide bonds. The van der Waals surface area contributed by atoms with Crippen LogP contribution >= 0.6 is 0 Å². The molecule has 0 fully saturated rings. The Labute approximate surface area is 176 Å². The van der Waals surface area contributed by atoms with Gasteiger partial charge >= 0.3 is 0 Å². The van der Waals surface area contributed by atoms with Crippen molar-refractivity contribution >= 4 is 23.7 Å². The van der Waals surface area contributed by atoms with Gasteiger partial charge in [0.1, 0.15) is 12.5 Å². The standard InChI is InChI=1S/C22H19N3O6/c1-29-9-16-14(20(8-26)31-11-27)5-18-21-12(7-25(18)22(16)28)4-13-15-6-23-10-30-19(15)3-2-17(13)24-21/h2-5,8,11,20,23H,6-7,9-10H2,1H3. The third-order valence-electron chi connectivity index (χ3n) is 5.70. The van der Waals surface area contributed by atoms with E-state index in [1.54, 1.807) is 10.6 Å². The maximum Gasteiger partial charge on any atom is 0.294 e. The molecule has 0 spiro atoms. The first-order valence-electron chi connectivity index (χ1n) is 9.75. The summed E-state index contributed by atoms with van der Waals surface area (Å²) in [5.41, 5.74) is 4.22. The second kappa shape index (κ2) is 7.60. The number of carbonyl (C=O) groups excluding carboxylic acids is 2. The molecule has 0 saturated heterocycles. The quantitative estimate of drug-likeness (QED) is 0.466. The first kappa shape index (κ1) is 19.4. The third kappa shape index (κ3) is 3.01. The van der Waals surface area contributed by atoms with Gasteiger partial charge in [0.05, 0.1) is 35.6 Å². The highest BCUT2D eigenvalue weighted by atomic mass is 16.5. The van der Waals surface area contributed by atoms with Crippen molar-refractivity contribution in [1.82, 2.24) is 14.9 Å². The monoisotopic (exact) mass is 421 g/mol. The lowest BCUT2D eigenvalue weighted by Crippen LogP contribution is -2.27. The molecule has 5 rings (SSSR count). The Balaban J connectivity index is 1.72. The van der Waals surface area contributed by atoms with Gasteiger partial charge in [0.15, 0.2) is 12.4 Å². The summed E-state index contributed by atoms with van der Waals surface area (Å²) < 4.78 is 17.4. The lowest BCUT2D eigenvalue weighted by molar-refractivity contribution is -0.139. The zero-order valence-electron chi connectivity index (χ0n) is 16.7. The summed E-state index contributed by atoms with van der Waals surface area (Å²) in [5, 5.41) is 4.16. The summed E-state index contributed by atoms with van der Waals surface area (Å²) in [5.74, 6) is 0.824. The number of nitrogens with zero attached hydrogens (tertiary/aromatic N) is 2. The van der Waals surface area contributed by atoms with Crippen molar-refractivity contribution in [1.29, 1.82) is 0 Å². The minimum atomic E-state index is -1.19. The van der Waals surface area contributed by atoms with Crippen LogP contribution in [0.5, 0.6) is 5.75 Å². The molecule has 0 saturated carbocycles. The van der Waals surface area contributed by atoms with Crippen LogP contribution in [0.4, 0.5) is 0 Å². The van der Waals surface area contributed by atoms with E-state index in [2.05, 4.69) is 5.32 Å². The van der Waals surface area contributed by atoms with E-state index >= 15 is 0 Å². The fourth-order valence-electron chi connectivity index (χ4n) is 4.30. The summed E-state index contributed by atoms with van der Waals surface area (Å²) >= 11 is 0. The molecule has 2 aliphatic rings. The Morgan fingerprint density at radius 1 is 1.32 bits per heavy atom. The number of rotatable bonds is 6. The van der Waals surface area contributed by atoms with Crippen LogP contribution in [0.1, 0.15) is 28.4 Å². The van der Waals surface area contributed by atoms with Crippen LogP contribution in [0.25, 0.3) is 22.3 Å². The molecule has 158 valence electrons. The van der Waals surface area contributed by atoms with Crippen molar-refractivity contribution in [2.45, 2.75) is 25.8 Å².